The van der Waals surface area contributed by atoms with Crippen LogP contribution in [0.15, 0.2) is 23.1 Å². The van der Waals surface area contributed by atoms with Crippen molar-refractivity contribution < 1.29 is 18.3 Å². The molecule has 2 N–H and O–H groups in total. The minimum atomic E-state index is -3.92. The number of hydrogen-bond donors (Lipinski definition) is 2. The summed E-state index contributed by atoms with van der Waals surface area (Å²) in [5, 5.41) is 9.37. The fraction of sp³-hybridized carbons (Fsp3) is 0.417. The number of halogens is 2. The molecule has 0 saturated carbocycles. The van der Waals surface area contributed by atoms with Gasteiger partial charge in [-0.1, -0.05) is 30.1 Å². The Morgan fingerprint density at radius 1 is 1.40 bits per heavy atom. The maximum Gasteiger partial charge on any atom is 0.310 e. The van der Waals surface area contributed by atoms with E-state index in [2.05, 4.69) is 4.72 Å². The van der Waals surface area contributed by atoms with Gasteiger partial charge < -0.3 is 5.11 Å². The summed E-state index contributed by atoms with van der Waals surface area (Å²) in [6, 6.07) is 4.06. The molecule has 0 aromatic heterocycles. The summed E-state index contributed by atoms with van der Waals surface area (Å²) in [7, 11) is -3.92. The Labute approximate surface area is 127 Å². The van der Waals surface area contributed by atoms with E-state index in [4.69, 9.17) is 28.3 Å². The largest absolute Gasteiger partial charge is 0.481 e. The molecule has 0 aliphatic rings. The minimum Gasteiger partial charge on any atom is -0.481 e. The van der Waals surface area contributed by atoms with Crippen LogP contribution in [0.3, 0.4) is 0 Å². The molecule has 20 heavy (non-hydrogen) atoms. The molecule has 0 aliphatic heterocycles. The van der Waals surface area contributed by atoms with Crippen LogP contribution >= 0.6 is 23.2 Å². The standard InChI is InChI=1S/C12H15Cl2NO4S/c1-3-12(2,11(16)17)7-15-20(18,19)10-6-8(13)4-5-9(10)14/h4-6,15H,3,7H2,1-2H3,(H,16,17). The molecular formula is C12H15Cl2NO4S. The van der Waals surface area contributed by atoms with Crippen molar-refractivity contribution in [3.05, 3.63) is 28.2 Å². The molecule has 0 heterocycles. The van der Waals surface area contributed by atoms with Crippen molar-refractivity contribution in [1.29, 1.82) is 0 Å². The Balaban J connectivity index is 3.02. The van der Waals surface area contributed by atoms with Gasteiger partial charge in [0.1, 0.15) is 4.90 Å². The number of carboxylic acid groups (broad SMARTS) is 1. The predicted octanol–water partition coefficient (Wildman–Crippen LogP) is 2.77. The first kappa shape index (κ1) is 17.2. The molecule has 0 spiro atoms. The highest BCUT2D eigenvalue weighted by molar-refractivity contribution is 7.89. The Morgan fingerprint density at radius 2 is 2.00 bits per heavy atom. The van der Waals surface area contributed by atoms with E-state index in [1.54, 1.807) is 6.92 Å². The summed E-state index contributed by atoms with van der Waals surface area (Å²) >= 11 is 11.6. The van der Waals surface area contributed by atoms with E-state index < -0.39 is 21.4 Å². The zero-order valence-electron chi connectivity index (χ0n) is 11.0. The zero-order valence-corrected chi connectivity index (χ0v) is 13.3. The van der Waals surface area contributed by atoms with E-state index in [-0.39, 0.29) is 27.9 Å². The van der Waals surface area contributed by atoms with Crippen LogP contribution in [0.25, 0.3) is 0 Å². The molecule has 1 aromatic rings. The third-order valence-corrected chi connectivity index (χ3v) is 5.25. The maximum atomic E-state index is 12.1. The molecule has 0 radical (unpaired) electrons. The third kappa shape index (κ3) is 3.85. The average molecular weight is 340 g/mol. The summed E-state index contributed by atoms with van der Waals surface area (Å²) in [6.07, 6.45) is 0.286. The van der Waals surface area contributed by atoms with Crippen LogP contribution < -0.4 is 4.72 Å². The van der Waals surface area contributed by atoms with E-state index in [0.29, 0.717) is 0 Å². The van der Waals surface area contributed by atoms with Crippen LogP contribution in [0, 0.1) is 5.41 Å². The van der Waals surface area contributed by atoms with Gasteiger partial charge in [0, 0.05) is 11.6 Å². The number of nitrogens with one attached hydrogen (secondary N) is 1. The van der Waals surface area contributed by atoms with Crippen molar-refractivity contribution in [2.45, 2.75) is 25.2 Å². The number of sulfonamides is 1. The van der Waals surface area contributed by atoms with Gasteiger partial charge in [0.2, 0.25) is 10.0 Å². The zero-order chi connectivity index (χ0) is 15.6. The lowest BCUT2D eigenvalue weighted by molar-refractivity contribution is -0.147. The normalized spacial score (nSPS) is 14.8. The van der Waals surface area contributed by atoms with Crippen LogP contribution in [0.1, 0.15) is 20.3 Å². The Kier molecular flexibility index (Phi) is 5.43. The Hall–Kier alpha value is -0.820. The van der Waals surface area contributed by atoms with Gasteiger partial charge >= 0.3 is 5.97 Å². The van der Waals surface area contributed by atoms with E-state index in [9.17, 15) is 13.2 Å². The molecule has 5 nitrogen and oxygen atoms in total. The highest BCUT2D eigenvalue weighted by atomic mass is 35.5. The van der Waals surface area contributed by atoms with Crippen molar-refractivity contribution >= 4 is 39.2 Å². The number of carbonyl (C=O) groups is 1. The lowest BCUT2D eigenvalue weighted by atomic mass is 9.88. The minimum absolute atomic E-state index is 0.0235. The van der Waals surface area contributed by atoms with Gasteiger partial charge in [-0.15, -0.1) is 0 Å². The van der Waals surface area contributed by atoms with Crippen LogP contribution in [0.2, 0.25) is 10.0 Å². The van der Waals surface area contributed by atoms with Gasteiger partial charge in [-0.25, -0.2) is 13.1 Å². The second kappa shape index (κ2) is 6.30. The fourth-order valence-corrected chi connectivity index (χ4v) is 3.30. The average Bonchev–Trinajstić information content (AvgIpc) is 2.38. The van der Waals surface area contributed by atoms with Crippen molar-refractivity contribution in [3.8, 4) is 0 Å². The van der Waals surface area contributed by atoms with E-state index in [1.165, 1.54) is 25.1 Å². The third-order valence-electron chi connectivity index (χ3n) is 3.13. The predicted molar refractivity (Wildman–Crippen MR) is 77.7 cm³/mol. The summed E-state index contributed by atoms with van der Waals surface area (Å²) in [5.41, 5.74) is -1.18. The van der Waals surface area contributed by atoms with Crippen LogP contribution in [-0.2, 0) is 14.8 Å². The van der Waals surface area contributed by atoms with Gasteiger partial charge in [-0.3, -0.25) is 4.79 Å². The highest BCUT2D eigenvalue weighted by Gasteiger charge is 2.33. The lowest BCUT2D eigenvalue weighted by Crippen LogP contribution is -2.40. The van der Waals surface area contributed by atoms with Crippen LogP contribution in [-0.4, -0.2) is 26.0 Å². The monoisotopic (exact) mass is 339 g/mol. The molecule has 1 aromatic carbocycles. The van der Waals surface area contributed by atoms with Gasteiger partial charge in [0.25, 0.3) is 0 Å². The first-order valence-corrected chi connectivity index (χ1v) is 8.04. The molecule has 1 rings (SSSR count). The maximum absolute atomic E-state index is 12.1. The van der Waals surface area contributed by atoms with Crippen LogP contribution in [0.4, 0.5) is 0 Å². The molecule has 0 bridgehead atoms. The lowest BCUT2D eigenvalue weighted by Gasteiger charge is -2.23. The second-order valence-electron chi connectivity index (χ2n) is 4.62. The number of aliphatic carboxylic acids is 1. The topological polar surface area (TPSA) is 83.5 Å². The van der Waals surface area contributed by atoms with Crippen molar-refractivity contribution in [3.63, 3.8) is 0 Å². The van der Waals surface area contributed by atoms with Crippen LogP contribution in [0.5, 0.6) is 0 Å². The smallest absolute Gasteiger partial charge is 0.310 e. The molecule has 1 atom stereocenters. The number of hydrogen-bond acceptors (Lipinski definition) is 3. The van der Waals surface area contributed by atoms with Gasteiger partial charge in [0.05, 0.1) is 10.4 Å². The molecule has 0 amide bonds. The number of benzene rings is 1. The molecular weight excluding hydrogens is 325 g/mol. The fourth-order valence-electron chi connectivity index (χ4n) is 1.37. The van der Waals surface area contributed by atoms with Crippen molar-refractivity contribution in [1.82, 2.24) is 4.72 Å². The molecule has 0 fully saturated rings. The Morgan fingerprint density at radius 3 is 2.50 bits per heavy atom. The number of rotatable bonds is 6. The number of carboxylic acids is 1. The molecule has 0 saturated heterocycles. The van der Waals surface area contributed by atoms with Crippen molar-refractivity contribution in [2.24, 2.45) is 5.41 Å². The second-order valence-corrected chi connectivity index (χ2v) is 7.20. The summed E-state index contributed by atoms with van der Waals surface area (Å²) in [6.45, 7) is 2.91. The summed E-state index contributed by atoms with van der Waals surface area (Å²) < 4.78 is 26.6. The van der Waals surface area contributed by atoms with Gasteiger partial charge in [0.15, 0.2) is 0 Å². The van der Waals surface area contributed by atoms with E-state index in [1.807, 2.05) is 0 Å². The van der Waals surface area contributed by atoms with E-state index >= 15 is 0 Å². The first-order chi connectivity index (χ1) is 9.12. The quantitative estimate of drug-likeness (QED) is 0.834. The molecule has 112 valence electrons. The first-order valence-electron chi connectivity index (χ1n) is 5.80. The molecule has 0 aliphatic carbocycles. The summed E-state index contributed by atoms with van der Waals surface area (Å²) in [5.74, 6) is -1.07. The van der Waals surface area contributed by atoms with E-state index in [0.717, 1.165) is 0 Å². The highest BCUT2D eigenvalue weighted by Crippen LogP contribution is 2.26. The van der Waals surface area contributed by atoms with Gasteiger partial charge in [-0.2, -0.15) is 0 Å². The Bertz CT molecular complexity index is 618. The van der Waals surface area contributed by atoms with Crippen molar-refractivity contribution in [2.75, 3.05) is 6.54 Å². The van der Waals surface area contributed by atoms with Gasteiger partial charge in [-0.05, 0) is 31.5 Å². The SMILES string of the molecule is CCC(C)(CNS(=O)(=O)c1cc(Cl)ccc1Cl)C(=O)O. The molecule has 1 unspecified atom stereocenters. The summed E-state index contributed by atoms with van der Waals surface area (Å²) in [4.78, 5) is 11.0. The molecule has 8 heteroatoms.